The normalized spacial score (nSPS) is 12.0. The van der Waals surface area contributed by atoms with Gasteiger partial charge in [-0.05, 0) is 48.2 Å². The van der Waals surface area contributed by atoms with E-state index in [9.17, 15) is 0 Å². The third-order valence-electron chi connectivity index (χ3n) is 3.61. The zero-order chi connectivity index (χ0) is 15.2. The van der Waals surface area contributed by atoms with E-state index in [0.29, 0.717) is 0 Å². The molecule has 3 nitrogen and oxygen atoms in total. The van der Waals surface area contributed by atoms with E-state index in [1.165, 1.54) is 5.56 Å². The molecule has 1 unspecified atom stereocenters. The van der Waals surface area contributed by atoms with Crippen LogP contribution in [0.2, 0.25) is 0 Å². The molecule has 0 aromatic heterocycles. The average molecular weight is 285 g/mol. The monoisotopic (exact) mass is 285 g/mol. The fourth-order valence-corrected chi connectivity index (χ4v) is 2.16. The van der Waals surface area contributed by atoms with Gasteiger partial charge in [0.25, 0.3) is 0 Å². The van der Waals surface area contributed by atoms with E-state index < -0.39 is 0 Å². The van der Waals surface area contributed by atoms with Crippen LogP contribution in [0.5, 0.6) is 17.2 Å². The van der Waals surface area contributed by atoms with Crippen molar-refractivity contribution in [2.24, 2.45) is 5.73 Å². The van der Waals surface area contributed by atoms with Gasteiger partial charge in [-0.2, -0.15) is 0 Å². The predicted molar refractivity (Wildman–Crippen MR) is 86.1 cm³/mol. The third-order valence-corrected chi connectivity index (χ3v) is 3.61. The first-order valence-electron chi connectivity index (χ1n) is 7.38. The summed E-state index contributed by atoms with van der Waals surface area (Å²) in [6.07, 6.45) is 1.90. The number of aryl methyl sites for hydroxylation is 1. The lowest BCUT2D eigenvalue weighted by molar-refractivity contribution is 0.378. The van der Waals surface area contributed by atoms with Crippen LogP contribution in [0.25, 0.3) is 0 Å². The van der Waals surface area contributed by atoms with Crippen LogP contribution in [-0.4, -0.2) is 7.11 Å². The Labute approximate surface area is 126 Å². The van der Waals surface area contributed by atoms with Gasteiger partial charge in [0, 0.05) is 6.04 Å². The van der Waals surface area contributed by atoms with Crippen LogP contribution in [0.15, 0.2) is 42.5 Å². The number of nitrogens with two attached hydrogens (primary N) is 1. The second-order valence-electron chi connectivity index (χ2n) is 5.02. The summed E-state index contributed by atoms with van der Waals surface area (Å²) in [6, 6.07) is 14.0. The summed E-state index contributed by atoms with van der Waals surface area (Å²) in [5.74, 6) is 2.26. The molecule has 0 aliphatic rings. The van der Waals surface area contributed by atoms with E-state index in [2.05, 4.69) is 19.9 Å². The first-order valence-corrected chi connectivity index (χ1v) is 7.38. The maximum Gasteiger partial charge on any atom is 0.169 e. The molecule has 0 aliphatic heterocycles. The highest BCUT2D eigenvalue weighted by atomic mass is 16.5. The molecule has 0 spiro atoms. The van der Waals surface area contributed by atoms with Crippen LogP contribution in [0.4, 0.5) is 0 Å². The highest BCUT2D eigenvalue weighted by molar-refractivity contribution is 5.45. The van der Waals surface area contributed by atoms with E-state index in [0.717, 1.165) is 35.7 Å². The zero-order valence-corrected chi connectivity index (χ0v) is 12.9. The molecule has 2 N–H and O–H groups in total. The molecular formula is C18H23NO2. The van der Waals surface area contributed by atoms with Gasteiger partial charge in [0.05, 0.1) is 7.11 Å². The molecule has 1 atom stereocenters. The number of rotatable bonds is 6. The van der Waals surface area contributed by atoms with Gasteiger partial charge in [-0.1, -0.05) is 32.0 Å². The minimum Gasteiger partial charge on any atom is -0.493 e. The molecule has 0 aliphatic carbocycles. The fraction of sp³-hybridized carbons (Fsp3) is 0.333. The van der Waals surface area contributed by atoms with Gasteiger partial charge >= 0.3 is 0 Å². The second kappa shape index (κ2) is 7.14. The Bertz CT molecular complexity index is 578. The molecule has 0 saturated carbocycles. The van der Waals surface area contributed by atoms with E-state index in [1.807, 2.05) is 36.4 Å². The molecular weight excluding hydrogens is 262 g/mol. The average Bonchev–Trinajstić information content (AvgIpc) is 2.55. The standard InChI is InChI=1S/C18H23NO2/c1-4-13-6-11-17(18(12-13)20-3)21-15-9-7-14(8-10-15)16(19)5-2/h6-12,16H,4-5,19H2,1-3H3. The van der Waals surface area contributed by atoms with Crippen molar-refractivity contribution >= 4 is 0 Å². The number of hydrogen-bond acceptors (Lipinski definition) is 3. The van der Waals surface area contributed by atoms with E-state index in [1.54, 1.807) is 7.11 Å². The summed E-state index contributed by atoms with van der Waals surface area (Å²) in [7, 11) is 1.66. The highest BCUT2D eigenvalue weighted by Gasteiger charge is 2.08. The molecule has 21 heavy (non-hydrogen) atoms. The van der Waals surface area contributed by atoms with E-state index in [-0.39, 0.29) is 6.04 Å². The predicted octanol–water partition coefficient (Wildman–Crippen LogP) is 4.46. The molecule has 0 bridgehead atoms. The lowest BCUT2D eigenvalue weighted by atomic mass is 10.1. The van der Waals surface area contributed by atoms with Gasteiger partial charge in [0.1, 0.15) is 5.75 Å². The van der Waals surface area contributed by atoms with Crippen LogP contribution in [0.1, 0.15) is 37.4 Å². The Morgan fingerprint density at radius 1 is 1.00 bits per heavy atom. The van der Waals surface area contributed by atoms with Crippen molar-refractivity contribution in [3.63, 3.8) is 0 Å². The lowest BCUT2D eigenvalue weighted by Crippen LogP contribution is -2.08. The first kappa shape index (κ1) is 15.4. The van der Waals surface area contributed by atoms with Gasteiger partial charge in [-0.25, -0.2) is 0 Å². The summed E-state index contributed by atoms with van der Waals surface area (Å²) in [4.78, 5) is 0. The summed E-state index contributed by atoms with van der Waals surface area (Å²) in [5.41, 5.74) is 8.36. The SMILES string of the molecule is CCc1ccc(Oc2ccc(C(N)CC)cc2)c(OC)c1. The van der Waals surface area contributed by atoms with Crippen molar-refractivity contribution < 1.29 is 9.47 Å². The molecule has 3 heteroatoms. The van der Waals surface area contributed by atoms with Gasteiger partial charge in [0.15, 0.2) is 11.5 Å². The van der Waals surface area contributed by atoms with Crippen molar-refractivity contribution in [1.82, 2.24) is 0 Å². The van der Waals surface area contributed by atoms with Crippen molar-refractivity contribution in [2.75, 3.05) is 7.11 Å². The molecule has 0 radical (unpaired) electrons. The summed E-state index contributed by atoms with van der Waals surface area (Å²) in [6.45, 7) is 4.19. The van der Waals surface area contributed by atoms with Crippen LogP contribution < -0.4 is 15.2 Å². The summed E-state index contributed by atoms with van der Waals surface area (Å²) >= 11 is 0. The Morgan fingerprint density at radius 2 is 1.71 bits per heavy atom. The molecule has 0 amide bonds. The van der Waals surface area contributed by atoms with Crippen molar-refractivity contribution in [2.45, 2.75) is 32.7 Å². The third kappa shape index (κ3) is 3.76. The van der Waals surface area contributed by atoms with E-state index in [4.69, 9.17) is 15.2 Å². The Hall–Kier alpha value is -2.00. The first-order chi connectivity index (χ1) is 10.2. The Balaban J connectivity index is 2.18. The maximum absolute atomic E-state index is 6.01. The number of methoxy groups -OCH3 is 1. The van der Waals surface area contributed by atoms with Gasteiger partial charge in [-0.3, -0.25) is 0 Å². The molecule has 0 fully saturated rings. The molecule has 2 rings (SSSR count). The molecule has 2 aromatic rings. The van der Waals surface area contributed by atoms with Crippen molar-refractivity contribution in [1.29, 1.82) is 0 Å². The van der Waals surface area contributed by atoms with Crippen LogP contribution in [0, 0.1) is 0 Å². The Kier molecular flexibility index (Phi) is 5.23. The van der Waals surface area contributed by atoms with Crippen LogP contribution in [-0.2, 0) is 6.42 Å². The largest absolute Gasteiger partial charge is 0.493 e. The highest BCUT2D eigenvalue weighted by Crippen LogP contribution is 2.32. The van der Waals surface area contributed by atoms with Crippen LogP contribution in [0.3, 0.4) is 0 Å². The van der Waals surface area contributed by atoms with Gasteiger partial charge in [0.2, 0.25) is 0 Å². The number of hydrogen-bond donors (Lipinski definition) is 1. The molecule has 2 aromatic carbocycles. The lowest BCUT2D eigenvalue weighted by Gasteiger charge is -2.13. The number of benzene rings is 2. The van der Waals surface area contributed by atoms with Crippen LogP contribution >= 0.6 is 0 Å². The molecule has 0 heterocycles. The quantitative estimate of drug-likeness (QED) is 0.852. The Morgan fingerprint density at radius 3 is 2.29 bits per heavy atom. The second-order valence-corrected chi connectivity index (χ2v) is 5.02. The summed E-state index contributed by atoms with van der Waals surface area (Å²) < 4.78 is 11.3. The topological polar surface area (TPSA) is 44.5 Å². The number of ether oxygens (including phenoxy) is 2. The zero-order valence-electron chi connectivity index (χ0n) is 12.9. The van der Waals surface area contributed by atoms with Crippen molar-refractivity contribution in [3.05, 3.63) is 53.6 Å². The smallest absolute Gasteiger partial charge is 0.169 e. The van der Waals surface area contributed by atoms with Gasteiger partial charge < -0.3 is 15.2 Å². The molecule has 0 saturated heterocycles. The fourth-order valence-electron chi connectivity index (χ4n) is 2.16. The van der Waals surface area contributed by atoms with Crippen molar-refractivity contribution in [3.8, 4) is 17.2 Å². The minimum absolute atomic E-state index is 0.0809. The molecule has 112 valence electrons. The minimum atomic E-state index is 0.0809. The summed E-state index contributed by atoms with van der Waals surface area (Å²) in [5, 5.41) is 0. The van der Waals surface area contributed by atoms with Gasteiger partial charge in [-0.15, -0.1) is 0 Å². The maximum atomic E-state index is 6.01. The van der Waals surface area contributed by atoms with E-state index >= 15 is 0 Å².